The molecular formula is C15H15NS. The Morgan fingerprint density at radius 2 is 2.12 bits per heavy atom. The molecule has 0 saturated heterocycles. The van der Waals surface area contributed by atoms with Crippen LogP contribution in [0.5, 0.6) is 0 Å². The Bertz CT molecular complexity index is 619. The fourth-order valence-electron chi connectivity index (χ4n) is 2.17. The molecule has 0 aliphatic rings. The second kappa shape index (κ2) is 4.38. The number of aryl methyl sites for hydroxylation is 3. The highest BCUT2D eigenvalue weighted by Crippen LogP contribution is 2.18. The van der Waals surface area contributed by atoms with Gasteiger partial charge in [0.05, 0.1) is 0 Å². The molecule has 2 aromatic heterocycles. The second-order valence-corrected chi connectivity index (χ2v) is 5.23. The van der Waals surface area contributed by atoms with Crippen molar-refractivity contribution in [2.24, 2.45) is 0 Å². The van der Waals surface area contributed by atoms with Crippen molar-refractivity contribution in [3.63, 3.8) is 0 Å². The molecule has 1 aromatic carbocycles. The van der Waals surface area contributed by atoms with E-state index in [0.717, 1.165) is 13.0 Å². The summed E-state index contributed by atoms with van der Waals surface area (Å²) in [4.78, 5) is 0. The molecule has 2 heterocycles. The van der Waals surface area contributed by atoms with Crippen LogP contribution in [-0.2, 0) is 13.0 Å². The first-order valence-corrected chi connectivity index (χ1v) is 6.84. The van der Waals surface area contributed by atoms with Gasteiger partial charge in [-0.15, -0.1) is 0 Å². The van der Waals surface area contributed by atoms with Crippen LogP contribution in [0, 0.1) is 6.92 Å². The van der Waals surface area contributed by atoms with Gasteiger partial charge < -0.3 is 4.57 Å². The average molecular weight is 241 g/mol. The summed E-state index contributed by atoms with van der Waals surface area (Å²) in [5.74, 6) is 0. The van der Waals surface area contributed by atoms with Crippen molar-refractivity contribution < 1.29 is 0 Å². The van der Waals surface area contributed by atoms with Gasteiger partial charge in [0.1, 0.15) is 0 Å². The highest BCUT2D eigenvalue weighted by molar-refractivity contribution is 7.07. The molecule has 2 heteroatoms. The standard InChI is InChI=1S/C15H15NS/c1-12-2-3-14-5-8-16(15(14)10-12)7-4-13-6-9-17-11-13/h2-3,5-6,8-11H,4,7H2,1H3. The van der Waals surface area contributed by atoms with E-state index in [4.69, 9.17) is 0 Å². The molecular weight excluding hydrogens is 226 g/mol. The summed E-state index contributed by atoms with van der Waals surface area (Å²) < 4.78 is 2.35. The van der Waals surface area contributed by atoms with Crippen LogP contribution in [0.15, 0.2) is 47.3 Å². The van der Waals surface area contributed by atoms with Crippen LogP contribution < -0.4 is 0 Å². The zero-order valence-electron chi connectivity index (χ0n) is 9.89. The third kappa shape index (κ3) is 2.13. The summed E-state index contributed by atoms with van der Waals surface area (Å²) in [7, 11) is 0. The lowest BCUT2D eigenvalue weighted by molar-refractivity contribution is 0.724. The Hall–Kier alpha value is -1.54. The SMILES string of the molecule is Cc1ccc2ccn(CCc3ccsc3)c2c1. The molecule has 0 fully saturated rings. The first kappa shape index (κ1) is 10.6. The van der Waals surface area contributed by atoms with Crippen LogP contribution in [0.2, 0.25) is 0 Å². The van der Waals surface area contributed by atoms with Crippen molar-refractivity contribution in [3.05, 3.63) is 58.4 Å². The highest BCUT2D eigenvalue weighted by Gasteiger charge is 2.01. The molecule has 0 aliphatic heterocycles. The minimum absolute atomic E-state index is 1.06. The second-order valence-electron chi connectivity index (χ2n) is 4.45. The van der Waals surface area contributed by atoms with Gasteiger partial charge in [0, 0.05) is 18.3 Å². The van der Waals surface area contributed by atoms with E-state index in [1.165, 1.54) is 22.0 Å². The molecule has 0 spiro atoms. The van der Waals surface area contributed by atoms with Gasteiger partial charge in [-0.05, 0) is 58.8 Å². The molecule has 3 aromatic rings. The number of aromatic nitrogens is 1. The first-order valence-electron chi connectivity index (χ1n) is 5.89. The van der Waals surface area contributed by atoms with E-state index in [1.54, 1.807) is 11.3 Å². The van der Waals surface area contributed by atoms with Crippen molar-refractivity contribution in [1.29, 1.82) is 0 Å². The quantitative estimate of drug-likeness (QED) is 0.646. The lowest BCUT2D eigenvalue weighted by Gasteiger charge is -2.05. The Balaban J connectivity index is 1.87. The fraction of sp³-hybridized carbons (Fsp3) is 0.200. The zero-order chi connectivity index (χ0) is 11.7. The summed E-state index contributed by atoms with van der Waals surface area (Å²) in [6.07, 6.45) is 3.30. The molecule has 0 saturated carbocycles. The predicted octanol–water partition coefficient (Wildman–Crippen LogP) is 4.25. The molecule has 0 amide bonds. The fourth-order valence-corrected chi connectivity index (χ4v) is 2.88. The number of rotatable bonds is 3. The van der Waals surface area contributed by atoms with Gasteiger partial charge in [0.2, 0.25) is 0 Å². The number of benzene rings is 1. The molecule has 0 N–H and O–H groups in total. The summed E-state index contributed by atoms with van der Waals surface area (Å²) in [5.41, 5.74) is 4.11. The van der Waals surface area contributed by atoms with Crippen molar-refractivity contribution >= 4 is 22.2 Å². The molecule has 0 aliphatic carbocycles. The summed E-state index contributed by atoms with van der Waals surface area (Å²) in [5, 5.41) is 5.71. The van der Waals surface area contributed by atoms with Crippen LogP contribution in [0.4, 0.5) is 0 Å². The van der Waals surface area contributed by atoms with Crippen molar-refractivity contribution in [2.45, 2.75) is 19.9 Å². The number of nitrogens with zero attached hydrogens (tertiary/aromatic N) is 1. The zero-order valence-corrected chi connectivity index (χ0v) is 10.7. The van der Waals surface area contributed by atoms with Crippen LogP contribution in [-0.4, -0.2) is 4.57 Å². The lowest BCUT2D eigenvalue weighted by Crippen LogP contribution is -1.98. The van der Waals surface area contributed by atoms with Gasteiger partial charge in [0.25, 0.3) is 0 Å². The molecule has 3 rings (SSSR count). The van der Waals surface area contributed by atoms with Crippen LogP contribution in [0.25, 0.3) is 10.9 Å². The van der Waals surface area contributed by atoms with E-state index in [0.29, 0.717) is 0 Å². The topological polar surface area (TPSA) is 4.93 Å². The molecule has 0 unspecified atom stereocenters. The van der Waals surface area contributed by atoms with Crippen molar-refractivity contribution in [3.8, 4) is 0 Å². The molecule has 0 bridgehead atoms. The number of thiophene rings is 1. The molecule has 17 heavy (non-hydrogen) atoms. The third-order valence-corrected chi connectivity index (χ3v) is 3.88. The maximum absolute atomic E-state index is 2.35. The van der Waals surface area contributed by atoms with Crippen molar-refractivity contribution in [1.82, 2.24) is 4.57 Å². The summed E-state index contributed by atoms with van der Waals surface area (Å²) >= 11 is 1.77. The molecule has 86 valence electrons. The predicted molar refractivity (Wildman–Crippen MR) is 74.7 cm³/mol. The lowest BCUT2D eigenvalue weighted by atomic mass is 10.2. The highest BCUT2D eigenvalue weighted by atomic mass is 32.1. The van der Waals surface area contributed by atoms with Crippen LogP contribution in [0.3, 0.4) is 0 Å². The molecule has 1 nitrogen and oxygen atoms in total. The Kier molecular flexibility index (Phi) is 2.73. The van der Waals surface area contributed by atoms with E-state index in [2.05, 4.69) is 58.8 Å². The van der Waals surface area contributed by atoms with Crippen LogP contribution >= 0.6 is 11.3 Å². The number of hydrogen-bond acceptors (Lipinski definition) is 1. The number of hydrogen-bond donors (Lipinski definition) is 0. The number of fused-ring (bicyclic) bond motifs is 1. The first-order chi connectivity index (χ1) is 8.33. The Morgan fingerprint density at radius 1 is 1.18 bits per heavy atom. The van der Waals surface area contributed by atoms with Gasteiger partial charge in [-0.2, -0.15) is 11.3 Å². The maximum atomic E-state index is 2.35. The average Bonchev–Trinajstić information content (AvgIpc) is 2.94. The minimum Gasteiger partial charge on any atom is -0.347 e. The molecule has 0 atom stereocenters. The van der Waals surface area contributed by atoms with Gasteiger partial charge in [-0.1, -0.05) is 12.1 Å². The minimum atomic E-state index is 1.06. The molecule has 0 radical (unpaired) electrons. The van der Waals surface area contributed by atoms with E-state index >= 15 is 0 Å². The normalized spacial score (nSPS) is 11.1. The van der Waals surface area contributed by atoms with Gasteiger partial charge in [-0.3, -0.25) is 0 Å². The largest absolute Gasteiger partial charge is 0.347 e. The summed E-state index contributed by atoms with van der Waals surface area (Å²) in [6.45, 7) is 3.21. The van der Waals surface area contributed by atoms with E-state index < -0.39 is 0 Å². The van der Waals surface area contributed by atoms with Crippen molar-refractivity contribution in [2.75, 3.05) is 0 Å². The monoisotopic (exact) mass is 241 g/mol. The van der Waals surface area contributed by atoms with E-state index in [1.807, 2.05) is 0 Å². The van der Waals surface area contributed by atoms with Gasteiger partial charge in [-0.25, -0.2) is 0 Å². The smallest absolute Gasteiger partial charge is 0.0483 e. The van der Waals surface area contributed by atoms with E-state index in [-0.39, 0.29) is 0 Å². The van der Waals surface area contributed by atoms with E-state index in [9.17, 15) is 0 Å². The third-order valence-electron chi connectivity index (χ3n) is 3.15. The van der Waals surface area contributed by atoms with Gasteiger partial charge in [0.15, 0.2) is 0 Å². The summed E-state index contributed by atoms with van der Waals surface area (Å²) in [6, 6.07) is 11.0. The van der Waals surface area contributed by atoms with Crippen LogP contribution in [0.1, 0.15) is 11.1 Å². The maximum Gasteiger partial charge on any atom is 0.0483 e. The Morgan fingerprint density at radius 3 is 2.94 bits per heavy atom. The van der Waals surface area contributed by atoms with Gasteiger partial charge >= 0.3 is 0 Å². The Labute approximate surface area is 105 Å².